The maximum absolute atomic E-state index is 11.8. The smallest absolute Gasteiger partial charge is 0.223 e. The maximum Gasteiger partial charge on any atom is 0.223 e. The minimum Gasteiger partial charge on any atom is -0.492 e. The van der Waals surface area contributed by atoms with Crippen molar-refractivity contribution in [3.05, 3.63) is 27.7 Å². The molecule has 0 unspecified atom stereocenters. The largest absolute Gasteiger partial charge is 0.492 e. The normalized spacial score (nSPS) is 15.5. The molecule has 0 atom stereocenters. The highest BCUT2D eigenvalue weighted by molar-refractivity contribution is 9.10. The summed E-state index contributed by atoms with van der Waals surface area (Å²) in [5, 5.41) is 6.88. The average Bonchev–Trinajstić information content (AvgIpc) is 2.50. The average molecular weight is 391 g/mol. The van der Waals surface area contributed by atoms with Crippen molar-refractivity contribution < 1.29 is 9.53 Å². The van der Waals surface area contributed by atoms with E-state index in [0.29, 0.717) is 30.3 Å². The van der Waals surface area contributed by atoms with Crippen LogP contribution in [0, 0.1) is 0 Å². The van der Waals surface area contributed by atoms with Gasteiger partial charge in [0.25, 0.3) is 0 Å². The number of ether oxygens (including phenoxy) is 1. The number of amides is 1. The van der Waals surface area contributed by atoms with Crippen LogP contribution in [0.15, 0.2) is 22.7 Å². The van der Waals surface area contributed by atoms with Crippen LogP contribution in [-0.4, -0.2) is 56.7 Å². The molecule has 1 heterocycles. The number of carbonyl (C=O) groups is 1. The fraction of sp³-hybridized carbons (Fsp3) is 0.533. The van der Waals surface area contributed by atoms with E-state index in [9.17, 15) is 4.79 Å². The first-order valence-corrected chi connectivity index (χ1v) is 8.60. The second kappa shape index (κ2) is 9.35. The van der Waals surface area contributed by atoms with E-state index in [1.165, 1.54) is 0 Å². The number of halogens is 2. The molecular weight excluding hydrogens is 370 g/mol. The number of piperazine rings is 1. The fourth-order valence-corrected chi connectivity index (χ4v) is 3.02. The Balaban J connectivity index is 1.59. The third kappa shape index (κ3) is 6.12. The Morgan fingerprint density at radius 2 is 2.18 bits per heavy atom. The van der Waals surface area contributed by atoms with E-state index in [0.717, 1.165) is 37.2 Å². The molecule has 0 bridgehead atoms. The van der Waals surface area contributed by atoms with E-state index in [-0.39, 0.29) is 5.91 Å². The molecule has 2 N–H and O–H groups in total. The van der Waals surface area contributed by atoms with Gasteiger partial charge >= 0.3 is 0 Å². The van der Waals surface area contributed by atoms with Gasteiger partial charge in [-0.25, -0.2) is 0 Å². The van der Waals surface area contributed by atoms with Gasteiger partial charge in [-0.1, -0.05) is 11.6 Å². The van der Waals surface area contributed by atoms with Gasteiger partial charge in [-0.2, -0.15) is 0 Å². The predicted molar refractivity (Wildman–Crippen MR) is 91.6 cm³/mol. The van der Waals surface area contributed by atoms with Crippen molar-refractivity contribution in [2.45, 2.75) is 6.42 Å². The summed E-state index contributed by atoms with van der Waals surface area (Å²) in [4.78, 5) is 14.1. The third-order valence-corrected chi connectivity index (χ3v) is 4.30. The number of hydrogen-bond acceptors (Lipinski definition) is 4. The predicted octanol–water partition coefficient (Wildman–Crippen LogP) is 1.89. The van der Waals surface area contributed by atoms with Gasteiger partial charge < -0.3 is 15.4 Å². The quantitative estimate of drug-likeness (QED) is 0.746. The van der Waals surface area contributed by atoms with E-state index in [4.69, 9.17) is 16.3 Å². The molecule has 0 aromatic heterocycles. The van der Waals surface area contributed by atoms with Gasteiger partial charge in [-0.3, -0.25) is 9.69 Å². The van der Waals surface area contributed by atoms with E-state index >= 15 is 0 Å². The van der Waals surface area contributed by atoms with Crippen LogP contribution in [0.3, 0.4) is 0 Å². The van der Waals surface area contributed by atoms with Crippen LogP contribution in [0.5, 0.6) is 5.75 Å². The molecule has 1 aliphatic heterocycles. The van der Waals surface area contributed by atoms with Gasteiger partial charge in [0, 0.05) is 44.3 Å². The lowest BCUT2D eigenvalue weighted by molar-refractivity contribution is -0.121. The SMILES string of the molecule is O=C(CCOc1ccc(Cl)cc1Br)NCCN1CCNCC1. The van der Waals surface area contributed by atoms with Crippen LogP contribution in [0.25, 0.3) is 0 Å². The van der Waals surface area contributed by atoms with E-state index in [1.807, 2.05) is 0 Å². The lowest BCUT2D eigenvalue weighted by atomic mass is 10.3. The maximum atomic E-state index is 11.8. The Hall–Kier alpha value is -0.820. The fourth-order valence-electron chi connectivity index (χ4n) is 2.22. The number of carbonyl (C=O) groups excluding carboxylic acids is 1. The second-order valence-electron chi connectivity index (χ2n) is 5.11. The van der Waals surface area contributed by atoms with Crippen molar-refractivity contribution in [1.29, 1.82) is 0 Å². The summed E-state index contributed by atoms with van der Waals surface area (Å²) in [6, 6.07) is 5.31. The second-order valence-corrected chi connectivity index (χ2v) is 6.41. The van der Waals surface area contributed by atoms with Gasteiger partial charge in [0.15, 0.2) is 0 Å². The Kier molecular flexibility index (Phi) is 7.45. The molecule has 0 saturated carbocycles. The summed E-state index contributed by atoms with van der Waals surface area (Å²) >= 11 is 9.24. The summed E-state index contributed by atoms with van der Waals surface area (Å²) in [5.74, 6) is 0.707. The number of nitrogens with one attached hydrogen (secondary N) is 2. The zero-order valence-corrected chi connectivity index (χ0v) is 14.8. The van der Waals surface area contributed by atoms with Gasteiger partial charge in [-0.05, 0) is 34.1 Å². The highest BCUT2D eigenvalue weighted by Crippen LogP contribution is 2.27. The van der Waals surface area contributed by atoms with Crippen molar-refractivity contribution in [2.24, 2.45) is 0 Å². The van der Waals surface area contributed by atoms with Crippen LogP contribution in [-0.2, 0) is 4.79 Å². The molecule has 1 aromatic carbocycles. The van der Waals surface area contributed by atoms with E-state index < -0.39 is 0 Å². The molecule has 1 aliphatic rings. The van der Waals surface area contributed by atoms with Crippen LogP contribution in [0.1, 0.15) is 6.42 Å². The summed E-state index contributed by atoms with van der Waals surface area (Å²) in [5.41, 5.74) is 0. The van der Waals surface area contributed by atoms with Crippen molar-refractivity contribution in [2.75, 3.05) is 45.9 Å². The highest BCUT2D eigenvalue weighted by Gasteiger charge is 2.09. The molecule has 5 nitrogen and oxygen atoms in total. The molecule has 0 radical (unpaired) electrons. The molecule has 122 valence electrons. The number of hydrogen-bond donors (Lipinski definition) is 2. The first kappa shape index (κ1) is 17.5. The van der Waals surface area contributed by atoms with Crippen molar-refractivity contribution in [3.63, 3.8) is 0 Å². The zero-order chi connectivity index (χ0) is 15.8. The lowest BCUT2D eigenvalue weighted by Crippen LogP contribution is -2.46. The minimum atomic E-state index is 0.0141. The zero-order valence-electron chi connectivity index (χ0n) is 12.4. The molecule has 1 aromatic rings. The van der Waals surface area contributed by atoms with Gasteiger partial charge in [0.2, 0.25) is 5.91 Å². The number of benzene rings is 1. The van der Waals surface area contributed by atoms with E-state index in [1.54, 1.807) is 18.2 Å². The number of nitrogens with zero attached hydrogens (tertiary/aromatic N) is 1. The van der Waals surface area contributed by atoms with Gasteiger partial charge in [0.05, 0.1) is 17.5 Å². The first-order chi connectivity index (χ1) is 10.6. The van der Waals surface area contributed by atoms with E-state index in [2.05, 4.69) is 31.5 Å². The lowest BCUT2D eigenvalue weighted by Gasteiger charge is -2.27. The molecule has 1 saturated heterocycles. The Morgan fingerprint density at radius 1 is 1.41 bits per heavy atom. The Morgan fingerprint density at radius 3 is 2.91 bits per heavy atom. The molecule has 1 fully saturated rings. The van der Waals surface area contributed by atoms with Crippen LogP contribution in [0.4, 0.5) is 0 Å². The van der Waals surface area contributed by atoms with Gasteiger partial charge in [-0.15, -0.1) is 0 Å². The van der Waals surface area contributed by atoms with Crippen LogP contribution in [0.2, 0.25) is 5.02 Å². The van der Waals surface area contributed by atoms with Crippen LogP contribution < -0.4 is 15.4 Å². The monoisotopic (exact) mass is 389 g/mol. The molecule has 7 heteroatoms. The van der Waals surface area contributed by atoms with Crippen molar-refractivity contribution in [3.8, 4) is 5.75 Å². The summed E-state index contributed by atoms with van der Waals surface area (Å²) in [6.07, 6.45) is 0.344. The minimum absolute atomic E-state index is 0.0141. The highest BCUT2D eigenvalue weighted by atomic mass is 79.9. The summed E-state index contributed by atoms with van der Waals surface area (Å²) in [6.45, 7) is 6.07. The third-order valence-electron chi connectivity index (χ3n) is 3.44. The standard InChI is InChI=1S/C15H21BrClN3O2/c16-13-11-12(17)1-2-14(13)22-10-3-15(21)19-6-9-20-7-4-18-5-8-20/h1-2,11,18H,3-10H2,(H,19,21). The van der Waals surface area contributed by atoms with Crippen LogP contribution >= 0.6 is 27.5 Å². The topological polar surface area (TPSA) is 53.6 Å². The molecule has 0 spiro atoms. The van der Waals surface area contributed by atoms with Gasteiger partial charge in [0.1, 0.15) is 5.75 Å². The van der Waals surface area contributed by atoms with Crippen molar-refractivity contribution in [1.82, 2.24) is 15.5 Å². The summed E-state index contributed by atoms with van der Waals surface area (Å²) in [7, 11) is 0. The first-order valence-electron chi connectivity index (χ1n) is 7.43. The Bertz CT molecular complexity index is 496. The van der Waals surface area contributed by atoms with Crippen molar-refractivity contribution >= 4 is 33.4 Å². The molecule has 1 amide bonds. The molecule has 0 aliphatic carbocycles. The Labute approximate surface area is 144 Å². The molecular formula is C15H21BrClN3O2. The molecule has 2 rings (SSSR count). The summed E-state index contributed by atoms with van der Waals surface area (Å²) < 4.78 is 6.36. The molecule has 22 heavy (non-hydrogen) atoms. The number of rotatable bonds is 7.